The Hall–Kier alpha value is -0.730. The minimum Gasteiger partial charge on any atom is -0.508 e. The van der Waals surface area contributed by atoms with E-state index < -0.39 is 0 Å². The first-order valence-electron chi connectivity index (χ1n) is 8.60. The van der Waals surface area contributed by atoms with Crippen molar-refractivity contribution in [2.45, 2.75) is 51.0 Å². The van der Waals surface area contributed by atoms with Crippen molar-refractivity contribution in [2.75, 3.05) is 5.88 Å². The number of phenols is 1. The van der Waals surface area contributed by atoms with Crippen LogP contribution >= 0.6 is 11.6 Å². The number of aromatic hydroxyl groups is 1. The zero-order chi connectivity index (χ0) is 15.5. The summed E-state index contributed by atoms with van der Waals surface area (Å²) in [6, 6.07) is 5.88. The quantitative estimate of drug-likeness (QED) is 0.766. The lowest BCUT2D eigenvalue weighted by Gasteiger charge is -2.53. The van der Waals surface area contributed by atoms with Gasteiger partial charge in [-0.1, -0.05) is 13.0 Å². The van der Waals surface area contributed by atoms with Crippen LogP contribution < -0.4 is 0 Å². The first-order chi connectivity index (χ1) is 10.5. The van der Waals surface area contributed by atoms with E-state index in [0.717, 1.165) is 25.7 Å². The van der Waals surface area contributed by atoms with E-state index in [1.165, 1.54) is 17.5 Å². The summed E-state index contributed by atoms with van der Waals surface area (Å²) in [5.41, 5.74) is 2.76. The van der Waals surface area contributed by atoms with Crippen molar-refractivity contribution >= 4 is 11.6 Å². The molecular formula is C19H25ClO2. The molecule has 0 spiro atoms. The number of benzene rings is 1. The van der Waals surface area contributed by atoms with Gasteiger partial charge in [0.15, 0.2) is 0 Å². The van der Waals surface area contributed by atoms with E-state index in [1.807, 2.05) is 12.1 Å². The molecule has 1 aromatic carbocycles. The normalized spacial score (nSPS) is 43.3. The minimum absolute atomic E-state index is 0.0507. The van der Waals surface area contributed by atoms with Crippen molar-refractivity contribution in [1.82, 2.24) is 0 Å². The molecule has 2 nitrogen and oxygen atoms in total. The summed E-state index contributed by atoms with van der Waals surface area (Å²) in [7, 11) is 0. The topological polar surface area (TPSA) is 40.5 Å². The fourth-order valence-corrected chi connectivity index (χ4v) is 6.30. The highest BCUT2D eigenvalue weighted by molar-refractivity contribution is 6.18. The number of aliphatic hydroxyl groups is 1. The Kier molecular flexibility index (Phi) is 3.47. The number of aryl methyl sites for hydroxylation is 1. The third kappa shape index (κ3) is 1.96. The Morgan fingerprint density at radius 1 is 1.27 bits per heavy atom. The van der Waals surface area contributed by atoms with Gasteiger partial charge in [0, 0.05) is 5.88 Å². The molecule has 0 saturated heterocycles. The molecule has 22 heavy (non-hydrogen) atoms. The van der Waals surface area contributed by atoms with E-state index in [9.17, 15) is 10.2 Å². The molecule has 6 unspecified atom stereocenters. The van der Waals surface area contributed by atoms with Gasteiger partial charge in [-0.05, 0) is 84.5 Å². The van der Waals surface area contributed by atoms with Crippen LogP contribution in [0.4, 0.5) is 0 Å². The highest BCUT2D eigenvalue weighted by Gasteiger charge is 2.57. The molecule has 0 heterocycles. The maximum Gasteiger partial charge on any atom is 0.115 e. The van der Waals surface area contributed by atoms with Crippen molar-refractivity contribution in [3.05, 3.63) is 29.3 Å². The molecule has 0 aliphatic heterocycles. The minimum atomic E-state index is -0.162. The fourth-order valence-electron chi connectivity index (χ4n) is 6.00. The number of aliphatic hydroxyl groups excluding tert-OH is 1. The van der Waals surface area contributed by atoms with Crippen LogP contribution in [0.15, 0.2) is 18.2 Å². The monoisotopic (exact) mass is 320 g/mol. The molecule has 2 saturated carbocycles. The molecular weight excluding hydrogens is 296 g/mol. The Balaban J connectivity index is 1.78. The molecule has 0 aromatic heterocycles. The molecule has 1 aromatic rings. The third-order valence-electron chi connectivity index (χ3n) is 6.98. The van der Waals surface area contributed by atoms with Crippen LogP contribution in [0.25, 0.3) is 0 Å². The average molecular weight is 321 g/mol. The molecule has 0 amide bonds. The van der Waals surface area contributed by atoms with Gasteiger partial charge in [0.2, 0.25) is 0 Å². The van der Waals surface area contributed by atoms with Gasteiger partial charge in [-0.3, -0.25) is 0 Å². The second-order valence-corrected chi connectivity index (χ2v) is 8.24. The zero-order valence-electron chi connectivity index (χ0n) is 13.1. The SMILES string of the molecule is CC12CC(CCl)C3c4ccc(O)cc4CCC3C1CCC2O. The number of rotatable bonds is 1. The number of hydrogen-bond acceptors (Lipinski definition) is 2. The summed E-state index contributed by atoms with van der Waals surface area (Å²) < 4.78 is 0. The molecule has 3 heteroatoms. The first kappa shape index (κ1) is 14.8. The van der Waals surface area contributed by atoms with Crippen molar-refractivity contribution in [3.63, 3.8) is 0 Å². The van der Waals surface area contributed by atoms with Crippen LogP contribution in [0.2, 0.25) is 0 Å². The van der Waals surface area contributed by atoms with E-state index in [1.54, 1.807) is 0 Å². The number of alkyl halides is 1. The predicted molar refractivity (Wildman–Crippen MR) is 88.3 cm³/mol. The number of hydrogen-bond donors (Lipinski definition) is 2. The Labute approximate surface area is 137 Å². The van der Waals surface area contributed by atoms with Crippen molar-refractivity contribution in [1.29, 1.82) is 0 Å². The summed E-state index contributed by atoms with van der Waals surface area (Å²) in [5, 5.41) is 20.3. The lowest BCUT2D eigenvalue weighted by Crippen LogP contribution is -2.48. The summed E-state index contributed by atoms with van der Waals surface area (Å²) in [6.07, 6.45) is 5.18. The van der Waals surface area contributed by atoms with E-state index in [2.05, 4.69) is 13.0 Å². The average Bonchev–Trinajstić information content (AvgIpc) is 2.81. The Morgan fingerprint density at radius 3 is 2.86 bits per heavy atom. The zero-order valence-corrected chi connectivity index (χ0v) is 13.9. The van der Waals surface area contributed by atoms with Crippen LogP contribution in [0.5, 0.6) is 5.75 Å². The van der Waals surface area contributed by atoms with Gasteiger partial charge in [0.05, 0.1) is 6.10 Å². The van der Waals surface area contributed by atoms with E-state index in [0.29, 0.717) is 35.3 Å². The maximum atomic E-state index is 10.5. The second-order valence-electron chi connectivity index (χ2n) is 7.94. The molecule has 0 bridgehead atoms. The highest BCUT2D eigenvalue weighted by atomic mass is 35.5. The lowest BCUT2D eigenvalue weighted by molar-refractivity contribution is -0.0434. The summed E-state index contributed by atoms with van der Waals surface area (Å²) >= 11 is 6.37. The number of halogens is 1. The van der Waals surface area contributed by atoms with Gasteiger partial charge < -0.3 is 10.2 Å². The van der Waals surface area contributed by atoms with Crippen LogP contribution in [-0.4, -0.2) is 22.2 Å². The highest BCUT2D eigenvalue weighted by Crippen LogP contribution is 2.62. The Bertz CT molecular complexity index is 587. The van der Waals surface area contributed by atoms with Gasteiger partial charge in [-0.2, -0.15) is 0 Å². The van der Waals surface area contributed by atoms with Gasteiger partial charge in [-0.15, -0.1) is 11.6 Å². The lowest BCUT2D eigenvalue weighted by atomic mass is 9.52. The van der Waals surface area contributed by atoms with E-state index >= 15 is 0 Å². The molecule has 3 aliphatic carbocycles. The fraction of sp³-hybridized carbons (Fsp3) is 0.684. The summed E-state index contributed by atoms with van der Waals surface area (Å²) in [6.45, 7) is 2.29. The second kappa shape index (κ2) is 5.14. The van der Waals surface area contributed by atoms with Crippen molar-refractivity contribution in [3.8, 4) is 5.75 Å². The van der Waals surface area contributed by atoms with E-state index in [-0.39, 0.29) is 11.5 Å². The Morgan fingerprint density at radius 2 is 2.09 bits per heavy atom. The molecule has 120 valence electrons. The van der Waals surface area contributed by atoms with Crippen molar-refractivity contribution in [2.24, 2.45) is 23.2 Å². The third-order valence-corrected chi connectivity index (χ3v) is 7.37. The van der Waals surface area contributed by atoms with Crippen molar-refractivity contribution < 1.29 is 10.2 Å². The van der Waals surface area contributed by atoms with Crippen LogP contribution in [0, 0.1) is 23.2 Å². The standard InChI is InChI=1S/C19H25ClO2/c1-19-9-12(10-20)18-14-5-3-13(21)8-11(14)2-4-15(18)16(19)6-7-17(19)22/h3,5,8,12,15-18,21-22H,2,4,6-7,9-10H2,1H3. The van der Waals surface area contributed by atoms with E-state index in [4.69, 9.17) is 11.6 Å². The summed E-state index contributed by atoms with van der Waals surface area (Å²) in [4.78, 5) is 0. The number of fused-ring (bicyclic) bond motifs is 5. The molecule has 4 rings (SSSR count). The van der Waals surface area contributed by atoms with Gasteiger partial charge in [0.25, 0.3) is 0 Å². The molecule has 3 aliphatic rings. The van der Waals surface area contributed by atoms with Gasteiger partial charge >= 0.3 is 0 Å². The van der Waals surface area contributed by atoms with Crippen LogP contribution in [-0.2, 0) is 6.42 Å². The first-order valence-corrected chi connectivity index (χ1v) is 9.14. The molecule has 2 N–H and O–H groups in total. The molecule has 0 radical (unpaired) electrons. The summed E-state index contributed by atoms with van der Waals surface area (Å²) in [5.74, 6) is 3.23. The number of phenolic OH excluding ortho intramolecular Hbond substituents is 1. The predicted octanol–water partition coefficient (Wildman–Crippen LogP) is 4.07. The van der Waals surface area contributed by atoms with Crippen LogP contribution in [0.3, 0.4) is 0 Å². The largest absolute Gasteiger partial charge is 0.508 e. The maximum absolute atomic E-state index is 10.5. The molecule has 2 fully saturated rings. The van der Waals surface area contributed by atoms with Gasteiger partial charge in [-0.25, -0.2) is 0 Å². The molecule has 6 atom stereocenters. The van der Waals surface area contributed by atoms with Crippen LogP contribution in [0.1, 0.15) is 49.7 Å². The van der Waals surface area contributed by atoms with Gasteiger partial charge in [0.1, 0.15) is 5.75 Å². The smallest absolute Gasteiger partial charge is 0.115 e.